The summed E-state index contributed by atoms with van der Waals surface area (Å²) in [6.45, 7) is 4.69. The van der Waals surface area contributed by atoms with E-state index in [2.05, 4.69) is 31.3 Å². The van der Waals surface area contributed by atoms with Crippen molar-refractivity contribution in [2.75, 3.05) is 24.3 Å². The number of rotatable bonds is 5. The number of hydrogen-bond acceptors (Lipinski definition) is 6. The highest BCUT2D eigenvalue weighted by molar-refractivity contribution is 5.56. The lowest BCUT2D eigenvalue weighted by Gasteiger charge is -2.14. The van der Waals surface area contributed by atoms with Crippen LogP contribution in [0.15, 0.2) is 42.7 Å². The van der Waals surface area contributed by atoms with Crippen LogP contribution < -0.4 is 10.2 Å². The van der Waals surface area contributed by atoms with E-state index in [9.17, 15) is 0 Å². The van der Waals surface area contributed by atoms with Crippen LogP contribution in [0, 0.1) is 13.8 Å². The molecule has 3 heterocycles. The van der Waals surface area contributed by atoms with Gasteiger partial charge in [0.05, 0.1) is 0 Å². The summed E-state index contributed by atoms with van der Waals surface area (Å²) in [6, 6.07) is 9.81. The summed E-state index contributed by atoms with van der Waals surface area (Å²) in [5.74, 6) is 2.40. The fraction of sp³-hybridized carbons (Fsp3) is 0.263. The van der Waals surface area contributed by atoms with Gasteiger partial charge in [0.25, 0.3) is 0 Å². The van der Waals surface area contributed by atoms with Crippen molar-refractivity contribution >= 4 is 11.6 Å². The lowest BCUT2D eigenvalue weighted by molar-refractivity contribution is 1.01. The summed E-state index contributed by atoms with van der Waals surface area (Å²) in [6.07, 6.45) is 3.57. The van der Waals surface area contributed by atoms with E-state index in [-0.39, 0.29) is 0 Å². The van der Waals surface area contributed by atoms with Crippen molar-refractivity contribution < 1.29 is 0 Å². The van der Waals surface area contributed by atoms with Gasteiger partial charge in [-0.2, -0.15) is 0 Å². The fourth-order valence-corrected chi connectivity index (χ4v) is 2.41. The summed E-state index contributed by atoms with van der Waals surface area (Å²) >= 11 is 0. The molecule has 0 aromatic carbocycles. The van der Waals surface area contributed by atoms with E-state index in [4.69, 9.17) is 0 Å². The number of pyridine rings is 2. The molecule has 3 aromatic heterocycles. The predicted molar refractivity (Wildman–Crippen MR) is 101 cm³/mol. The van der Waals surface area contributed by atoms with Gasteiger partial charge in [-0.15, -0.1) is 0 Å². The highest BCUT2D eigenvalue weighted by atomic mass is 15.1. The highest BCUT2D eigenvalue weighted by Gasteiger charge is 2.10. The molecule has 0 amide bonds. The maximum Gasteiger partial charge on any atom is 0.180 e. The van der Waals surface area contributed by atoms with Crippen LogP contribution in [0.4, 0.5) is 11.6 Å². The zero-order chi connectivity index (χ0) is 17.8. The molecular formula is C19H22N6. The van der Waals surface area contributed by atoms with Gasteiger partial charge >= 0.3 is 0 Å². The molecule has 0 radical (unpaired) electrons. The van der Waals surface area contributed by atoms with E-state index in [1.165, 1.54) is 0 Å². The van der Waals surface area contributed by atoms with Crippen molar-refractivity contribution in [3.05, 3.63) is 59.5 Å². The van der Waals surface area contributed by atoms with Crippen LogP contribution in [0.3, 0.4) is 0 Å². The Bertz CT molecular complexity index is 861. The number of anilines is 2. The topological polar surface area (TPSA) is 66.8 Å². The van der Waals surface area contributed by atoms with Gasteiger partial charge in [0.2, 0.25) is 0 Å². The van der Waals surface area contributed by atoms with E-state index < -0.39 is 0 Å². The number of nitrogens with zero attached hydrogens (tertiary/aromatic N) is 5. The van der Waals surface area contributed by atoms with Crippen LogP contribution in [-0.2, 0) is 6.54 Å². The highest BCUT2D eigenvalue weighted by Crippen LogP contribution is 2.21. The average molecular weight is 334 g/mol. The molecule has 0 aliphatic carbocycles. The predicted octanol–water partition coefficient (Wildman–Crippen LogP) is 3.23. The smallest absolute Gasteiger partial charge is 0.180 e. The minimum absolute atomic E-state index is 0.634. The molecule has 0 fully saturated rings. The van der Waals surface area contributed by atoms with Crippen molar-refractivity contribution in [2.45, 2.75) is 20.4 Å². The van der Waals surface area contributed by atoms with Crippen LogP contribution in [-0.4, -0.2) is 34.0 Å². The molecule has 3 aromatic rings. The van der Waals surface area contributed by atoms with Crippen LogP contribution in [0.2, 0.25) is 0 Å². The first-order chi connectivity index (χ1) is 12.0. The molecule has 0 aliphatic rings. The molecule has 0 saturated heterocycles. The average Bonchev–Trinajstić information content (AvgIpc) is 2.63. The number of aryl methyl sites for hydroxylation is 1. The lowest BCUT2D eigenvalue weighted by atomic mass is 10.2. The molecule has 0 aliphatic heterocycles. The fourth-order valence-electron chi connectivity index (χ4n) is 2.41. The Morgan fingerprint density at radius 1 is 1.00 bits per heavy atom. The third-order valence-electron chi connectivity index (χ3n) is 4.01. The van der Waals surface area contributed by atoms with E-state index in [0.717, 1.165) is 34.2 Å². The van der Waals surface area contributed by atoms with Crippen LogP contribution in [0.25, 0.3) is 11.5 Å². The van der Waals surface area contributed by atoms with Crippen molar-refractivity contribution in [1.82, 2.24) is 19.9 Å². The van der Waals surface area contributed by atoms with Gasteiger partial charge < -0.3 is 10.2 Å². The largest absolute Gasteiger partial charge is 0.366 e. The first kappa shape index (κ1) is 16.8. The minimum atomic E-state index is 0.634. The van der Waals surface area contributed by atoms with E-state index in [1.807, 2.05) is 63.3 Å². The van der Waals surface area contributed by atoms with E-state index in [0.29, 0.717) is 12.4 Å². The Balaban J connectivity index is 1.85. The monoisotopic (exact) mass is 334 g/mol. The lowest BCUT2D eigenvalue weighted by Crippen LogP contribution is -2.12. The van der Waals surface area contributed by atoms with Crippen LogP contribution >= 0.6 is 0 Å². The molecule has 3 rings (SSSR count). The van der Waals surface area contributed by atoms with Gasteiger partial charge in [0.1, 0.15) is 17.3 Å². The number of aromatic nitrogens is 4. The summed E-state index contributed by atoms with van der Waals surface area (Å²) in [4.78, 5) is 19.9. The third kappa shape index (κ3) is 3.91. The summed E-state index contributed by atoms with van der Waals surface area (Å²) in [5, 5.41) is 3.42. The van der Waals surface area contributed by atoms with Gasteiger partial charge in [-0.25, -0.2) is 15.0 Å². The molecule has 0 bridgehead atoms. The van der Waals surface area contributed by atoms with Crippen molar-refractivity contribution in [3.8, 4) is 11.5 Å². The zero-order valence-electron chi connectivity index (χ0n) is 15.0. The molecule has 6 heteroatoms. The van der Waals surface area contributed by atoms with Crippen molar-refractivity contribution in [2.24, 2.45) is 0 Å². The molecule has 1 N–H and O–H groups in total. The van der Waals surface area contributed by atoms with Gasteiger partial charge in [0.15, 0.2) is 5.82 Å². The first-order valence-electron chi connectivity index (χ1n) is 8.17. The minimum Gasteiger partial charge on any atom is -0.366 e. The van der Waals surface area contributed by atoms with Gasteiger partial charge in [-0.3, -0.25) is 4.98 Å². The second-order valence-electron chi connectivity index (χ2n) is 6.09. The van der Waals surface area contributed by atoms with E-state index in [1.54, 1.807) is 6.20 Å². The Labute approximate surface area is 148 Å². The molecule has 0 spiro atoms. The summed E-state index contributed by atoms with van der Waals surface area (Å²) in [7, 11) is 3.97. The zero-order valence-corrected chi connectivity index (χ0v) is 15.0. The molecule has 0 unspecified atom stereocenters. The summed E-state index contributed by atoms with van der Waals surface area (Å²) in [5.41, 5.74) is 3.91. The third-order valence-corrected chi connectivity index (χ3v) is 4.01. The summed E-state index contributed by atoms with van der Waals surface area (Å²) < 4.78 is 0. The second-order valence-corrected chi connectivity index (χ2v) is 6.09. The first-order valence-corrected chi connectivity index (χ1v) is 8.17. The Morgan fingerprint density at radius 2 is 1.84 bits per heavy atom. The standard InChI is InChI=1S/C19H22N6/c1-13-14(2)23-19(16-7-5-6-9-20-16)24-18(13)22-12-15-8-10-21-17(11-15)25(3)4/h5-11H,12H2,1-4H3,(H,22,23,24). The number of hydrogen-bond donors (Lipinski definition) is 1. The molecule has 6 nitrogen and oxygen atoms in total. The number of nitrogens with one attached hydrogen (secondary N) is 1. The van der Waals surface area contributed by atoms with Gasteiger partial charge in [0, 0.05) is 44.3 Å². The van der Waals surface area contributed by atoms with Crippen LogP contribution in [0.5, 0.6) is 0 Å². The Kier molecular flexibility index (Phi) is 4.88. The SMILES string of the molecule is Cc1nc(-c2ccccn2)nc(NCc2ccnc(N(C)C)c2)c1C. The second kappa shape index (κ2) is 7.25. The van der Waals surface area contributed by atoms with Gasteiger partial charge in [-0.05, 0) is 43.7 Å². The molecular weight excluding hydrogens is 312 g/mol. The molecule has 128 valence electrons. The Morgan fingerprint density at radius 3 is 2.56 bits per heavy atom. The van der Waals surface area contributed by atoms with Crippen molar-refractivity contribution in [1.29, 1.82) is 0 Å². The molecule has 0 atom stereocenters. The van der Waals surface area contributed by atoms with E-state index >= 15 is 0 Å². The maximum atomic E-state index is 4.67. The Hall–Kier alpha value is -3.02. The van der Waals surface area contributed by atoms with Crippen LogP contribution in [0.1, 0.15) is 16.8 Å². The molecule has 0 saturated carbocycles. The normalized spacial score (nSPS) is 10.6. The maximum absolute atomic E-state index is 4.67. The van der Waals surface area contributed by atoms with Crippen molar-refractivity contribution in [3.63, 3.8) is 0 Å². The molecule has 25 heavy (non-hydrogen) atoms. The quantitative estimate of drug-likeness (QED) is 0.773. The van der Waals surface area contributed by atoms with Gasteiger partial charge in [-0.1, -0.05) is 6.07 Å².